The summed E-state index contributed by atoms with van der Waals surface area (Å²) in [7, 11) is -3.32. The molecule has 0 spiro atoms. The fourth-order valence-corrected chi connectivity index (χ4v) is 7.13. The quantitative estimate of drug-likeness (QED) is 0.847. The molecule has 0 aromatic carbocycles. The average Bonchev–Trinajstić information content (AvgIpc) is 2.33. The van der Waals surface area contributed by atoms with Gasteiger partial charge in [-0.25, -0.2) is 8.42 Å². The molecule has 0 aromatic heterocycles. The first kappa shape index (κ1) is 15.8. The molecule has 0 saturated heterocycles. The van der Waals surface area contributed by atoms with Crippen molar-refractivity contribution >= 4 is 10.0 Å². The highest BCUT2D eigenvalue weighted by molar-refractivity contribution is 7.89. The fraction of sp³-hybridized carbons (Fsp3) is 1.00. The van der Waals surface area contributed by atoms with Crippen LogP contribution in [-0.4, -0.2) is 41.3 Å². The second kappa shape index (κ2) is 5.20. The molecular formula is C16H29NO3S. The Kier molecular flexibility index (Phi) is 3.90. The third-order valence-corrected chi connectivity index (χ3v) is 8.21. The van der Waals surface area contributed by atoms with E-state index in [1.807, 2.05) is 0 Å². The van der Waals surface area contributed by atoms with Crippen LogP contribution < -0.4 is 0 Å². The number of rotatable bonds is 5. The topological polar surface area (TPSA) is 57.6 Å². The molecular weight excluding hydrogens is 286 g/mol. The van der Waals surface area contributed by atoms with Crippen molar-refractivity contribution in [3.8, 4) is 0 Å². The summed E-state index contributed by atoms with van der Waals surface area (Å²) in [5.41, 5.74) is -0.200. The van der Waals surface area contributed by atoms with Crippen molar-refractivity contribution < 1.29 is 13.5 Å². The summed E-state index contributed by atoms with van der Waals surface area (Å²) in [5, 5.41) is 9.45. The normalized spacial score (nSPS) is 40.2. The van der Waals surface area contributed by atoms with Crippen LogP contribution in [0.15, 0.2) is 0 Å². The largest absolute Gasteiger partial charge is 0.392 e. The number of aliphatic hydroxyl groups is 1. The third kappa shape index (κ3) is 2.66. The van der Waals surface area contributed by atoms with Crippen LogP contribution in [0, 0.1) is 17.8 Å². The van der Waals surface area contributed by atoms with E-state index in [2.05, 4.69) is 0 Å². The number of hydrogen-bond acceptors (Lipinski definition) is 3. The van der Waals surface area contributed by atoms with Gasteiger partial charge in [0, 0.05) is 12.1 Å². The van der Waals surface area contributed by atoms with Gasteiger partial charge in [-0.05, 0) is 77.0 Å². The van der Waals surface area contributed by atoms with E-state index in [0.717, 1.165) is 19.3 Å². The molecule has 0 amide bonds. The van der Waals surface area contributed by atoms with Gasteiger partial charge in [-0.2, -0.15) is 4.31 Å². The van der Waals surface area contributed by atoms with Crippen molar-refractivity contribution in [1.82, 2.24) is 4.31 Å². The summed E-state index contributed by atoms with van der Waals surface area (Å²) in [6.45, 7) is 5.46. The summed E-state index contributed by atoms with van der Waals surface area (Å²) in [6, 6.07) is 0. The zero-order valence-corrected chi connectivity index (χ0v) is 14.3. The zero-order valence-electron chi connectivity index (χ0n) is 13.5. The van der Waals surface area contributed by atoms with Crippen molar-refractivity contribution in [3.05, 3.63) is 0 Å². The molecule has 1 atom stereocenters. The monoisotopic (exact) mass is 315 g/mol. The molecule has 0 aliphatic heterocycles. The number of β-amino-alcohol motifs (C(OH)–C–C–N with tert-alkyl or cyclic N) is 1. The maximum absolute atomic E-state index is 12.9. The number of aliphatic hydroxyl groups excluding tert-OH is 1. The lowest BCUT2D eigenvalue weighted by Gasteiger charge is -2.60. The first-order valence-corrected chi connectivity index (χ1v) is 9.93. The lowest BCUT2D eigenvalue weighted by Crippen LogP contribution is -2.63. The van der Waals surface area contributed by atoms with Crippen LogP contribution in [0.25, 0.3) is 0 Å². The Hall–Kier alpha value is -0.130. The molecule has 122 valence electrons. The molecule has 1 unspecified atom stereocenters. The molecule has 5 heteroatoms. The van der Waals surface area contributed by atoms with Crippen molar-refractivity contribution in [2.45, 2.75) is 76.2 Å². The first-order chi connectivity index (χ1) is 9.73. The highest BCUT2D eigenvalue weighted by atomic mass is 32.2. The predicted octanol–water partition coefficient (Wildman–Crippen LogP) is 2.38. The number of nitrogens with zero attached hydrogens (tertiary/aromatic N) is 1. The lowest BCUT2D eigenvalue weighted by molar-refractivity contribution is -0.0642. The molecule has 4 rings (SSSR count). The van der Waals surface area contributed by atoms with Crippen LogP contribution in [0.2, 0.25) is 0 Å². The minimum absolute atomic E-state index is 0.200. The molecule has 1 N–H and O–H groups in total. The Morgan fingerprint density at radius 2 is 1.48 bits per heavy atom. The summed E-state index contributed by atoms with van der Waals surface area (Å²) in [6.07, 6.45) is 6.32. The Morgan fingerprint density at radius 1 is 1.05 bits per heavy atom. The second-order valence-electron chi connectivity index (χ2n) is 8.12. The molecule has 4 aliphatic carbocycles. The van der Waals surface area contributed by atoms with Gasteiger partial charge in [0.1, 0.15) is 0 Å². The van der Waals surface area contributed by atoms with Crippen molar-refractivity contribution in [2.75, 3.05) is 6.54 Å². The van der Waals surface area contributed by atoms with Crippen LogP contribution in [0.1, 0.15) is 59.3 Å². The number of sulfonamides is 1. The highest BCUT2D eigenvalue weighted by Crippen LogP contribution is 2.58. The van der Waals surface area contributed by atoms with Crippen LogP contribution in [0.3, 0.4) is 0 Å². The van der Waals surface area contributed by atoms with Gasteiger partial charge in [0.15, 0.2) is 0 Å². The van der Waals surface area contributed by atoms with Crippen molar-refractivity contribution in [3.63, 3.8) is 0 Å². The number of hydrogen-bond donors (Lipinski definition) is 1. The van der Waals surface area contributed by atoms with E-state index in [-0.39, 0.29) is 12.1 Å². The molecule has 0 radical (unpaired) electrons. The van der Waals surface area contributed by atoms with Gasteiger partial charge in [0.05, 0.1) is 11.4 Å². The second-order valence-corrected chi connectivity index (χ2v) is 10.5. The van der Waals surface area contributed by atoms with Gasteiger partial charge in [-0.15, -0.1) is 0 Å². The predicted molar refractivity (Wildman–Crippen MR) is 83.3 cm³/mol. The molecule has 0 heterocycles. The van der Waals surface area contributed by atoms with Crippen molar-refractivity contribution in [2.24, 2.45) is 17.8 Å². The SMILES string of the molecule is CC(O)CN(C12CC3CC(CC(C3)C1)C2)S(=O)(=O)C(C)C. The van der Waals surface area contributed by atoms with E-state index in [0.29, 0.717) is 17.8 Å². The van der Waals surface area contributed by atoms with Gasteiger partial charge >= 0.3 is 0 Å². The average molecular weight is 315 g/mol. The van der Waals surface area contributed by atoms with E-state index in [1.165, 1.54) is 19.3 Å². The minimum Gasteiger partial charge on any atom is -0.392 e. The van der Waals surface area contributed by atoms with E-state index in [4.69, 9.17) is 0 Å². The summed E-state index contributed by atoms with van der Waals surface area (Å²) < 4.78 is 27.5. The van der Waals surface area contributed by atoms with E-state index in [9.17, 15) is 13.5 Å². The molecule has 21 heavy (non-hydrogen) atoms. The summed E-state index contributed by atoms with van der Waals surface area (Å²) in [5.74, 6) is 2.11. The van der Waals surface area contributed by atoms with E-state index < -0.39 is 21.4 Å². The Bertz CT molecular complexity index is 462. The molecule has 4 saturated carbocycles. The van der Waals surface area contributed by atoms with Gasteiger partial charge in [0.25, 0.3) is 0 Å². The molecule has 0 aromatic rings. The summed E-state index contributed by atoms with van der Waals surface area (Å²) in [4.78, 5) is 0. The van der Waals surface area contributed by atoms with Crippen LogP contribution >= 0.6 is 0 Å². The molecule has 4 aliphatic rings. The van der Waals surface area contributed by atoms with Crippen LogP contribution in [-0.2, 0) is 10.0 Å². The van der Waals surface area contributed by atoms with Gasteiger partial charge < -0.3 is 5.11 Å². The van der Waals surface area contributed by atoms with E-state index in [1.54, 1.807) is 25.1 Å². The Morgan fingerprint density at radius 3 is 1.81 bits per heavy atom. The van der Waals surface area contributed by atoms with Gasteiger partial charge in [0.2, 0.25) is 10.0 Å². The maximum atomic E-state index is 12.9. The Labute approximate surface area is 129 Å². The zero-order chi connectivity index (χ0) is 15.4. The third-order valence-electron chi connectivity index (χ3n) is 5.87. The maximum Gasteiger partial charge on any atom is 0.217 e. The van der Waals surface area contributed by atoms with Gasteiger partial charge in [-0.1, -0.05) is 0 Å². The van der Waals surface area contributed by atoms with E-state index >= 15 is 0 Å². The van der Waals surface area contributed by atoms with Crippen LogP contribution in [0.4, 0.5) is 0 Å². The molecule has 4 fully saturated rings. The smallest absolute Gasteiger partial charge is 0.217 e. The molecule has 4 bridgehead atoms. The Balaban J connectivity index is 1.96. The summed E-state index contributed by atoms with van der Waals surface area (Å²) >= 11 is 0. The standard InChI is InChI=1S/C16H29NO3S/c1-11(2)21(19,20)17(10-12(3)18)16-7-13-4-14(8-16)6-15(5-13)9-16/h11-15,18H,4-10H2,1-3H3. The van der Waals surface area contributed by atoms with Crippen LogP contribution in [0.5, 0.6) is 0 Å². The molecule has 4 nitrogen and oxygen atoms in total. The van der Waals surface area contributed by atoms with Gasteiger partial charge in [-0.3, -0.25) is 0 Å². The highest BCUT2D eigenvalue weighted by Gasteiger charge is 2.56. The first-order valence-electron chi connectivity index (χ1n) is 8.42. The fourth-order valence-electron chi connectivity index (χ4n) is 5.43. The lowest BCUT2D eigenvalue weighted by atomic mass is 9.53. The van der Waals surface area contributed by atoms with Crippen molar-refractivity contribution in [1.29, 1.82) is 0 Å². The minimum atomic E-state index is -3.32.